The number of nitrogens with zero attached hydrogens (tertiary/aromatic N) is 3. The smallest absolute Gasteiger partial charge is 0.407 e. The number of nitrogens with two attached hydrogens (primary N) is 1. The molecule has 4 aromatic rings. The van der Waals surface area contributed by atoms with Crippen molar-refractivity contribution < 1.29 is 57.7 Å². The summed E-state index contributed by atoms with van der Waals surface area (Å²) in [5, 5.41) is 20.0. The molecule has 4 atom stereocenters. The van der Waals surface area contributed by atoms with Crippen molar-refractivity contribution in [2.45, 2.75) is 88.9 Å². The molecular weight excluding hydrogens is 925 g/mol. The van der Waals surface area contributed by atoms with Crippen LogP contribution in [-0.4, -0.2) is 129 Å². The quantitative estimate of drug-likeness (QED) is 0.0519. The van der Waals surface area contributed by atoms with Crippen molar-refractivity contribution in [1.82, 2.24) is 35.7 Å². The largest absolute Gasteiger partial charge is 0.466 e. The van der Waals surface area contributed by atoms with Gasteiger partial charge >= 0.3 is 12.1 Å². The highest BCUT2D eigenvalue weighted by Crippen LogP contribution is 2.44. The van der Waals surface area contributed by atoms with Crippen LogP contribution in [0.25, 0.3) is 11.1 Å². The lowest BCUT2D eigenvalue weighted by Crippen LogP contribution is -2.58. The summed E-state index contributed by atoms with van der Waals surface area (Å²) in [6.07, 6.45) is 1.84. The predicted molar refractivity (Wildman–Crippen MR) is 255 cm³/mol. The topological polar surface area (TPSA) is 280 Å². The van der Waals surface area contributed by atoms with Gasteiger partial charge in [-0.05, 0) is 54.0 Å². The molecule has 372 valence electrons. The summed E-state index contributed by atoms with van der Waals surface area (Å²) in [5.41, 5.74) is 10.8. The molecule has 6 rings (SSSR count). The van der Waals surface area contributed by atoms with Crippen molar-refractivity contribution in [3.05, 3.63) is 114 Å². The number of rotatable bonds is 25. The van der Waals surface area contributed by atoms with Crippen LogP contribution in [0.15, 0.2) is 91.4 Å². The minimum absolute atomic E-state index is 0.00289. The van der Waals surface area contributed by atoms with E-state index in [4.69, 9.17) is 19.9 Å². The molecular formula is C49H58N8O12S. The summed E-state index contributed by atoms with van der Waals surface area (Å²) in [6.45, 7) is 0.933. The molecule has 0 radical (unpaired) electrons. The van der Waals surface area contributed by atoms with Gasteiger partial charge in [0.05, 0.1) is 39.1 Å². The molecule has 2 aliphatic rings. The molecule has 0 saturated carbocycles. The van der Waals surface area contributed by atoms with Crippen LogP contribution >= 0.6 is 11.8 Å². The number of aliphatic hydroxyl groups is 1. The molecule has 6 amide bonds. The van der Waals surface area contributed by atoms with Gasteiger partial charge in [0.2, 0.25) is 34.7 Å². The third kappa shape index (κ3) is 14.5. The Morgan fingerprint density at radius 2 is 1.54 bits per heavy atom. The molecule has 3 aromatic carbocycles. The minimum atomic E-state index is -1.57. The molecule has 20 nitrogen and oxygen atoms in total. The Balaban J connectivity index is 1.10. The van der Waals surface area contributed by atoms with E-state index in [0.29, 0.717) is 12.1 Å². The van der Waals surface area contributed by atoms with Gasteiger partial charge in [0, 0.05) is 42.9 Å². The lowest BCUT2D eigenvalue weighted by Gasteiger charge is -2.30. The zero-order valence-corrected chi connectivity index (χ0v) is 39.5. The lowest BCUT2D eigenvalue weighted by atomic mass is 9.98. The Morgan fingerprint density at radius 3 is 2.23 bits per heavy atom. The van der Waals surface area contributed by atoms with Crippen LogP contribution in [0.1, 0.15) is 67.3 Å². The van der Waals surface area contributed by atoms with Gasteiger partial charge in [-0.3, -0.25) is 33.6 Å². The third-order valence-electron chi connectivity index (χ3n) is 11.7. The highest BCUT2D eigenvalue weighted by molar-refractivity contribution is 8.13. The number of imidazole rings is 1. The molecule has 1 aliphatic heterocycles. The predicted octanol–water partition coefficient (Wildman–Crippen LogP) is 2.05. The van der Waals surface area contributed by atoms with E-state index in [0.717, 1.165) is 39.6 Å². The van der Waals surface area contributed by atoms with Gasteiger partial charge in [-0.15, -0.1) is 0 Å². The first-order valence-corrected chi connectivity index (χ1v) is 24.0. The summed E-state index contributed by atoms with van der Waals surface area (Å²) in [4.78, 5) is 111. The van der Waals surface area contributed by atoms with E-state index in [1.54, 1.807) is 11.5 Å². The van der Waals surface area contributed by atoms with Crippen LogP contribution in [0.2, 0.25) is 0 Å². The van der Waals surface area contributed by atoms with Crippen molar-refractivity contribution in [3.63, 3.8) is 0 Å². The average Bonchev–Trinajstić information content (AvgIpc) is 4.11. The number of thioether (sulfide) groups is 1. The van der Waals surface area contributed by atoms with Gasteiger partial charge < -0.3 is 55.8 Å². The van der Waals surface area contributed by atoms with E-state index in [1.165, 1.54) is 17.4 Å². The Labute approximate surface area is 408 Å². The number of esters is 1. The van der Waals surface area contributed by atoms with Gasteiger partial charge in [0.15, 0.2) is 0 Å². The van der Waals surface area contributed by atoms with Crippen LogP contribution in [-0.2, 0) is 67.5 Å². The van der Waals surface area contributed by atoms with Crippen LogP contribution in [0.3, 0.4) is 0 Å². The molecule has 0 unspecified atom stereocenters. The van der Waals surface area contributed by atoms with Gasteiger partial charge in [-0.2, -0.15) is 0 Å². The number of fused-ring (bicyclic) bond motifs is 3. The first-order chi connectivity index (χ1) is 33.9. The van der Waals surface area contributed by atoms with Crippen LogP contribution < -0.4 is 27.0 Å². The number of benzene rings is 3. The summed E-state index contributed by atoms with van der Waals surface area (Å²) in [6, 6.07) is 19.5. The number of likely N-dealkylation sites (tertiary alicyclic amines) is 1. The van der Waals surface area contributed by atoms with Crippen molar-refractivity contribution in [1.29, 1.82) is 0 Å². The number of hydrogen-bond acceptors (Lipinski definition) is 14. The summed E-state index contributed by atoms with van der Waals surface area (Å²) in [7, 11) is 0. The zero-order valence-electron chi connectivity index (χ0n) is 38.7. The van der Waals surface area contributed by atoms with Gasteiger partial charge in [-0.1, -0.05) is 90.6 Å². The van der Waals surface area contributed by atoms with E-state index in [1.807, 2.05) is 78.9 Å². The maximum Gasteiger partial charge on any atom is 0.407 e. The van der Waals surface area contributed by atoms with Crippen molar-refractivity contribution in [2.75, 3.05) is 38.7 Å². The van der Waals surface area contributed by atoms with E-state index >= 15 is 0 Å². The SMILES string of the molecule is CCOC(=O)CCSC(=O)CNC(=O)[C@H](Cc1cncn1COCc1ccccc1)NC(=O)[C@@H]1CCCN1C(=O)[C@H](CCC(N)=O)NC(=O)[C@H](CO)NC(=O)OCC1c2ccccc2-c2ccccc21. The maximum absolute atomic E-state index is 14.3. The van der Waals surface area contributed by atoms with E-state index in [-0.39, 0.29) is 76.9 Å². The highest BCUT2D eigenvalue weighted by atomic mass is 32.2. The van der Waals surface area contributed by atoms with E-state index in [2.05, 4.69) is 26.3 Å². The number of nitrogens with one attached hydrogen (secondary N) is 4. The van der Waals surface area contributed by atoms with E-state index in [9.17, 15) is 43.5 Å². The number of ether oxygens (including phenoxy) is 3. The molecule has 70 heavy (non-hydrogen) atoms. The van der Waals surface area contributed by atoms with Gasteiger partial charge in [0.1, 0.15) is 37.5 Å². The standard InChI is InChI=1S/C49H58N8O12S/c1-2-68-43(60)20-22-70-44(61)25-52-45(62)39(23-32-24-51-29-56(32)30-67-27-31-11-4-3-5-12-31)54-47(64)41-17-10-21-57(41)48(65)38(18-19-42(50)59)53-46(63)40(26-58)55-49(66)69-28-37-35-15-8-6-13-33(35)34-14-7-9-16-36(34)37/h3-9,11-16,24,29,37-41,58H,2,10,17-23,25-28,30H2,1H3,(H2,50,59)(H,52,62)(H,53,63)(H,54,64)(H,55,66)/t38-,39-,40-,41-/m0/s1. The zero-order chi connectivity index (χ0) is 50.0. The summed E-state index contributed by atoms with van der Waals surface area (Å²) >= 11 is 0.842. The molecule has 0 spiro atoms. The molecule has 1 aliphatic carbocycles. The number of carbonyl (C=O) groups excluding carboxylic acids is 8. The average molecular weight is 983 g/mol. The molecule has 1 fully saturated rings. The van der Waals surface area contributed by atoms with Crippen molar-refractivity contribution in [3.8, 4) is 11.1 Å². The third-order valence-corrected chi connectivity index (χ3v) is 12.6. The first kappa shape index (κ1) is 52.3. The molecule has 1 aromatic heterocycles. The Morgan fingerprint density at radius 1 is 0.843 bits per heavy atom. The monoisotopic (exact) mass is 982 g/mol. The number of aromatic nitrogens is 2. The van der Waals surface area contributed by atoms with Crippen molar-refractivity contribution >= 4 is 58.5 Å². The number of amides is 6. The second kappa shape index (κ2) is 26.0. The normalized spacial score (nSPS) is 15.1. The maximum atomic E-state index is 14.3. The number of primary amides is 1. The molecule has 21 heteroatoms. The Bertz CT molecular complexity index is 2440. The molecule has 7 N–H and O–H groups in total. The fourth-order valence-corrected chi connectivity index (χ4v) is 8.94. The van der Waals surface area contributed by atoms with E-state index < -0.39 is 84.0 Å². The fraction of sp³-hybridized carbons (Fsp3) is 0.408. The number of alkyl carbamates (subject to hydrolysis) is 1. The number of carbonyl (C=O) groups is 8. The highest BCUT2D eigenvalue weighted by Gasteiger charge is 2.40. The fourth-order valence-electron chi connectivity index (χ4n) is 8.27. The molecule has 0 bridgehead atoms. The van der Waals surface area contributed by atoms with Crippen molar-refractivity contribution in [2.24, 2.45) is 5.73 Å². The second-order valence-corrected chi connectivity index (χ2v) is 17.7. The first-order valence-electron chi connectivity index (χ1n) is 23.0. The van der Waals surface area contributed by atoms with Gasteiger partial charge in [0.25, 0.3) is 0 Å². The minimum Gasteiger partial charge on any atom is -0.466 e. The lowest BCUT2D eigenvalue weighted by molar-refractivity contribution is -0.142. The van der Waals surface area contributed by atoms with Crippen LogP contribution in [0.4, 0.5) is 4.79 Å². The Kier molecular flexibility index (Phi) is 19.4. The van der Waals surface area contributed by atoms with Crippen LogP contribution in [0, 0.1) is 0 Å². The summed E-state index contributed by atoms with van der Waals surface area (Å²) in [5.74, 6) is -4.51. The second-order valence-electron chi connectivity index (χ2n) is 16.5. The number of hydrogen-bond donors (Lipinski definition) is 6. The molecule has 1 saturated heterocycles. The van der Waals surface area contributed by atoms with Crippen LogP contribution in [0.5, 0.6) is 0 Å². The Hall–Kier alpha value is -7.10. The van der Waals surface area contributed by atoms with Gasteiger partial charge in [-0.25, -0.2) is 9.78 Å². The molecule has 2 heterocycles. The summed E-state index contributed by atoms with van der Waals surface area (Å²) < 4.78 is 18.0. The number of aliphatic hydroxyl groups excluding tert-OH is 1.